The Hall–Kier alpha value is -3.01. The predicted octanol–water partition coefficient (Wildman–Crippen LogP) is 5.23. The van der Waals surface area contributed by atoms with Gasteiger partial charge in [-0.05, 0) is 48.4 Å². The van der Waals surface area contributed by atoms with Crippen LogP contribution in [0.5, 0.6) is 11.5 Å². The lowest BCUT2D eigenvalue weighted by Crippen LogP contribution is -2.38. The van der Waals surface area contributed by atoms with E-state index in [0.29, 0.717) is 19.1 Å². The average Bonchev–Trinajstić information content (AvgIpc) is 2.71. The SMILES string of the molecule is Cc1ccc(C(C)C)c(O[C@@H](C)C(=O)NCCOc2cccc3ccccc23)c1. The maximum Gasteiger partial charge on any atom is 0.260 e. The van der Waals surface area contributed by atoms with Crippen molar-refractivity contribution >= 4 is 16.7 Å². The third-order valence-electron chi connectivity index (χ3n) is 4.87. The molecular weight excluding hydrogens is 362 g/mol. The summed E-state index contributed by atoms with van der Waals surface area (Å²) in [5.41, 5.74) is 2.22. The van der Waals surface area contributed by atoms with E-state index in [4.69, 9.17) is 9.47 Å². The normalized spacial score (nSPS) is 12.0. The Labute approximate surface area is 172 Å². The molecule has 0 aliphatic heterocycles. The minimum absolute atomic E-state index is 0.150. The van der Waals surface area contributed by atoms with E-state index in [1.54, 1.807) is 6.92 Å². The minimum Gasteiger partial charge on any atom is -0.491 e. The summed E-state index contributed by atoms with van der Waals surface area (Å²) in [7, 11) is 0. The highest BCUT2D eigenvalue weighted by Crippen LogP contribution is 2.28. The molecule has 29 heavy (non-hydrogen) atoms. The number of hydrogen-bond acceptors (Lipinski definition) is 3. The van der Waals surface area contributed by atoms with Crippen molar-refractivity contribution in [2.45, 2.75) is 39.7 Å². The van der Waals surface area contributed by atoms with Crippen LogP contribution in [0.4, 0.5) is 0 Å². The fourth-order valence-electron chi connectivity index (χ4n) is 3.27. The summed E-state index contributed by atoms with van der Waals surface area (Å²) >= 11 is 0. The predicted molar refractivity (Wildman–Crippen MR) is 118 cm³/mol. The number of aryl methyl sites for hydroxylation is 1. The first-order valence-electron chi connectivity index (χ1n) is 10.1. The van der Waals surface area contributed by atoms with Crippen LogP contribution < -0.4 is 14.8 Å². The first kappa shape index (κ1) is 20.7. The Bertz CT molecular complexity index is 975. The molecule has 1 atom stereocenters. The highest BCUT2D eigenvalue weighted by molar-refractivity contribution is 5.88. The van der Waals surface area contributed by atoms with Gasteiger partial charge in [0, 0.05) is 5.39 Å². The van der Waals surface area contributed by atoms with Crippen LogP contribution in [0.1, 0.15) is 37.8 Å². The van der Waals surface area contributed by atoms with E-state index in [9.17, 15) is 4.79 Å². The minimum atomic E-state index is -0.577. The molecule has 0 bridgehead atoms. The quantitative estimate of drug-likeness (QED) is 0.535. The lowest BCUT2D eigenvalue weighted by atomic mass is 10.0. The average molecular weight is 392 g/mol. The maximum absolute atomic E-state index is 12.4. The Morgan fingerprint density at radius 3 is 2.52 bits per heavy atom. The molecule has 0 aliphatic rings. The summed E-state index contributed by atoms with van der Waals surface area (Å²) in [6.45, 7) is 8.84. The van der Waals surface area contributed by atoms with Gasteiger partial charge in [0.15, 0.2) is 6.10 Å². The van der Waals surface area contributed by atoms with Crippen LogP contribution in [-0.4, -0.2) is 25.2 Å². The summed E-state index contributed by atoms with van der Waals surface area (Å²) in [4.78, 5) is 12.4. The fourth-order valence-corrected chi connectivity index (χ4v) is 3.27. The first-order valence-corrected chi connectivity index (χ1v) is 10.1. The van der Waals surface area contributed by atoms with Gasteiger partial charge in [-0.1, -0.05) is 62.4 Å². The number of carbonyl (C=O) groups excluding carboxylic acids is 1. The second-order valence-corrected chi connectivity index (χ2v) is 7.57. The summed E-state index contributed by atoms with van der Waals surface area (Å²) in [6, 6.07) is 20.2. The number of fused-ring (bicyclic) bond motifs is 1. The van der Waals surface area contributed by atoms with Gasteiger partial charge < -0.3 is 14.8 Å². The molecule has 0 aliphatic carbocycles. The molecular formula is C25H29NO3. The molecule has 0 heterocycles. The number of carbonyl (C=O) groups is 1. The van der Waals surface area contributed by atoms with Crippen LogP contribution in [0.25, 0.3) is 10.8 Å². The van der Waals surface area contributed by atoms with Crippen LogP contribution in [-0.2, 0) is 4.79 Å². The molecule has 4 nitrogen and oxygen atoms in total. The van der Waals surface area contributed by atoms with Crippen molar-refractivity contribution in [3.05, 3.63) is 71.8 Å². The Morgan fingerprint density at radius 2 is 1.72 bits per heavy atom. The van der Waals surface area contributed by atoms with Crippen molar-refractivity contribution in [2.75, 3.05) is 13.2 Å². The van der Waals surface area contributed by atoms with Crippen molar-refractivity contribution in [3.8, 4) is 11.5 Å². The van der Waals surface area contributed by atoms with Gasteiger partial charge in [-0.3, -0.25) is 4.79 Å². The van der Waals surface area contributed by atoms with Crippen LogP contribution in [0.15, 0.2) is 60.7 Å². The van der Waals surface area contributed by atoms with Crippen LogP contribution >= 0.6 is 0 Å². The molecule has 0 saturated carbocycles. The first-order chi connectivity index (χ1) is 14.0. The third-order valence-corrected chi connectivity index (χ3v) is 4.87. The maximum atomic E-state index is 12.4. The highest BCUT2D eigenvalue weighted by atomic mass is 16.5. The third kappa shape index (κ3) is 5.29. The molecule has 0 unspecified atom stereocenters. The topological polar surface area (TPSA) is 47.6 Å². The van der Waals surface area contributed by atoms with Gasteiger partial charge >= 0.3 is 0 Å². The summed E-state index contributed by atoms with van der Waals surface area (Å²) < 4.78 is 11.8. The van der Waals surface area contributed by atoms with Crippen molar-refractivity contribution in [2.24, 2.45) is 0 Å². The lowest BCUT2D eigenvalue weighted by Gasteiger charge is -2.19. The van der Waals surface area contributed by atoms with Crippen LogP contribution in [0.2, 0.25) is 0 Å². The Morgan fingerprint density at radius 1 is 0.966 bits per heavy atom. The van der Waals surface area contributed by atoms with E-state index in [1.165, 1.54) is 0 Å². The zero-order chi connectivity index (χ0) is 20.8. The zero-order valence-electron chi connectivity index (χ0n) is 17.6. The summed E-state index contributed by atoms with van der Waals surface area (Å²) in [5.74, 6) is 1.77. The van der Waals surface area contributed by atoms with E-state index in [0.717, 1.165) is 33.4 Å². The van der Waals surface area contributed by atoms with Crippen LogP contribution in [0.3, 0.4) is 0 Å². The van der Waals surface area contributed by atoms with Crippen LogP contribution in [0, 0.1) is 6.92 Å². The van der Waals surface area contributed by atoms with Gasteiger partial charge in [-0.15, -0.1) is 0 Å². The molecule has 0 aromatic heterocycles. The van der Waals surface area contributed by atoms with Gasteiger partial charge in [0.05, 0.1) is 6.54 Å². The zero-order valence-corrected chi connectivity index (χ0v) is 17.6. The Kier molecular flexibility index (Phi) is 6.76. The lowest BCUT2D eigenvalue weighted by molar-refractivity contribution is -0.127. The van der Waals surface area contributed by atoms with Crippen molar-refractivity contribution in [1.29, 1.82) is 0 Å². The van der Waals surface area contributed by atoms with Gasteiger partial charge in [-0.2, -0.15) is 0 Å². The van der Waals surface area contributed by atoms with Crippen molar-refractivity contribution in [3.63, 3.8) is 0 Å². The molecule has 4 heteroatoms. The molecule has 0 radical (unpaired) electrons. The molecule has 0 saturated heterocycles. The molecule has 3 rings (SSSR count). The number of hydrogen-bond donors (Lipinski definition) is 1. The van der Waals surface area contributed by atoms with E-state index in [-0.39, 0.29) is 5.91 Å². The smallest absolute Gasteiger partial charge is 0.260 e. The molecule has 152 valence electrons. The standard InChI is InChI=1S/C25H29NO3/c1-17(2)21-13-12-18(3)16-24(21)29-19(4)25(27)26-14-15-28-23-11-7-9-20-8-5-6-10-22(20)23/h5-13,16-17,19H,14-15H2,1-4H3,(H,26,27)/t19-/m0/s1. The van der Waals surface area contributed by atoms with E-state index >= 15 is 0 Å². The van der Waals surface area contributed by atoms with Gasteiger partial charge in [0.1, 0.15) is 18.1 Å². The molecule has 0 fully saturated rings. The van der Waals surface area contributed by atoms with E-state index in [1.807, 2.05) is 43.3 Å². The molecule has 3 aromatic carbocycles. The van der Waals surface area contributed by atoms with E-state index in [2.05, 4.69) is 43.4 Å². The monoisotopic (exact) mass is 391 g/mol. The number of amides is 1. The Balaban J connectivity index is 1.52. The summed E-state index contributed by atoms with van der Waals surface area (Å²) in [5, 5.41) is 5.10. The number of ether oxygens (including phenoxy) is 2. The number of benzene rings is 3. The molecule has 1 amide bonds. The van der Waals surface area contributed by atoms with Gasteiger partial charge in [0.25, 0.3) is 5.91 Å². The molecule has 3 aromatic rings. The number of nitrogens with one attached hydrogen (secondary N) is 1. The van der Waals surface area contributed by atoms with Crippen molar-refractivity contribution in [1.82, 2.24) is 5.32 Å². The number of rotatable bonds is 8. The van der Waals surface area contributed by atoms with E-state index < -0.39 is 6.10 Å². The fraction of sp³-hybridized carbons (Fsp3) is 0.320. The second kappa shape index (κ2) is 9.46. The van der Waals surface area contributed by atoms with Crippen molar-refractivity contribution < 1.29 is 14.3 Å². The molecule has 1 N–H and O–H groups in total. The largest absolute Gasteiger partial charge is 0.491 e. The van der Waals surface area contributed by atoms with Gasteiger partial charge in [-0.25, -0.2) is 0 Å². The summed E-state index contributed by atoms with van der Waals surface area (Å²) in [6.07, 6.45) is -0.577. The van der Waals surface area contributed by atoms with Gasteiger partial charge in [0.2, 0.25) is 0 Å². The highest BCUT2D eigenvalue weighted by Gasteiger charge is 2.17. The molecule has 0 spiro atoms. The second-order valence-electron chi connectivity index (χ2n) is 7.57.